The predicted molar refractivity (Wildman–Crippen MR) is 68.7 cm³/mol. The largest absolute Gasteiger partial charge is 0.317 e. The van der Waals surface area contributed by atoms with Gasteiger partial charge in [-0.25, -0.2) is 0 Å². The minimum Gasteiger partial charge on any atom is -0.317 e. The second-order valence-corrected chi connectivity index (χ2v) is 5.49. The molecule has 2 fully saturated rings. The number of piperidine rings is 2. The quantitative estimate of drug-likeness (QED) is 0.752. The molecule has 2 unspecified atom stereocenters. The first-order chi connectivity index (χ1) is 7.79. The van der Waals surface area contributed by atoms with Crippen molar-refractivity contribution >= 4 is 0 Å². The Balaban J connectivity index is 1.84. The van der Waals surface area contributed by atoms with E-state index in [1.165, 1.54) is 51.9 Å². The van der Waals surface area contributed by atoms with Gasteiger partial charge >= 0.3 is 0 Å². The molecular weight excluding hydrogens is 198 g/mol. The molecular formula is C13H27N3. The van der Waals surface area contributed by atoms with Crippen molar-refractivity contribution in [1.29, 1.82) is 0 Å². The summed E-state index contributed by atoms with van der Waals surface area (Å²) in [4.78, 5) is 2.64. The first-order valence-electron chi connectivity index (χ1n) is 6.92. The van der Waals surface area contributed by atoms with E-state index in [1.54, 1.807) is 0 Å². The summed E-state index contributed by atoms with van der Waals surface area (Å²) in [5, 5.41) is 6.98. The maximum absolute atomic E-state index is 3.53. The molecule has 0 aliphatic carbocycles. The van der Waals surface area contributed by atoms with Gasteiger partial charge in [-0.1, -0.05) is 0 Å². The van der Waals surface area contributed by atoms with Crippen LogP contribution >= 0.6 is 0 Å². The van der Waals surface area contributed by atoms with Gasteiger partial charge in [0.2, 0.25) is 0 Å². The first kappa shape index (κ1) is 12.3. The molecule has 2 heterocycles. The maximum atomic E-state index is 3.53. The minimum absolute atomic E-state index is 0.732. The highest BCUT2D eigenvalue weighted by molar-refractivity contribution is 4.84. The van der Waals surface area contributed by atoms with Crippen LogP contribution in [-0.2, 0) is 0 Å². The standard InChI is InChI=1S/C13H27N3/c1-11(12-4-3-7-15-10-12)16(2)13-5-8-14-9-6-13/h11-15H,3-10H2,1-2H3. The molecule has 0 aromatic carbocycles. The van der Waals surface area contributed by atoms with Crippen LogP contribution in [0, 0.1) is 5.92 Å². The van der Waals surface area contributed by atoms with Crippen LogP contribution in [0.4, 0.5) is 0 Å². The highest BCUT2D eigenvalue weighted by atomic mass is 15.2. The molecule has 0 aromatic heterocycles. The average Bonchev–Trinajstić information content (AvgIpc) is 2.39. The van der Waals surface area contributed by atoms with Gasteiger partial charge in [0.25, 0.3) is 0 Å². The SMILES string of the molecule is CC(C1CCCNC1)N(C)C1CCNCC1. The van der Waals surface area contributed by atoms with Crippen LogP contribution in [0.5, 0.6) is 0 Å². The van der Waals surface area contributed by atoms with Crippen LogP contribution in [0.2, 0.25) is 0 Å². The summed E-state index contributed by atoms with van der Waals surface area (Å²) in [6, 6.07) is 1.54. The van der Waals surface area contributed by atoms with Gasteiger partial charge in [0.05, 0.1) is 0 Å². The lowest BCUT2D eigenvalue weighted by Gasteiger charge is -2.40. The third-order valence-corrected chi connectivity index (χ3v) is 4.54. The lowest BCUT2D eigenvalue weighted by Crippen LogP contribution is -2.50. The van der Waals surface area contributed by atoms with Gasteiger partial charge in [-0.05, 0) is 71.8 Å². The molecule has 2 saturated heterocycles. The smallest absolute Gasteiger partial charge is 0.0119 e. The topological polar surface area (TPSA) is 27.3 Å². The number of nitrogens with zero attached hydrogens (tertiary/aromatic N) is 1. The third-order valence-electron chi connectivity index (χ3n) is 4.54. The Hall–Kier alpha value is -0.120. The van der Waals surface area contributed by atoms with E-state index in [4.69, 9.17) is 0 Å². The molecule has 94 valence electrons. The summed E-state index contributed by atoms with van der Waals surface area (Å²) >= 11 is 0. The predicted octanol–water partition coefficient (Wildman–Crippen LogP) is 1.06. The monoisotopic (exact) mass is 225 g/mol. The van der Waals surface area contributed by atoms with Crippen molar-refractivity contribution in [2.24, 2.45) is 5.92 Å². The van der Waals surface area contributed by atoms with Gasteiger partial charge in [0.1, 0.15) is 0 Å². The van der Waals surface area contributed by atoms with Crippen molar-refractivity contribution in [3.8, 4) is 0 Å². The number of nitrogens with one attached hydrogen (secondary N) is 2. The van der Waals surface area contributed by atoms with E-state index in [-0.39, 0.29) is 0 Å². The second-order valence-electron chi connectivity index (χ2n) is 5.49. The number of hydrogen-bond acceptors (Lipinski definition) is 3. The summed E-state index contributed by atoms with van der Waals surface area (Å²) in [6.45, 7) is 7.26. The van der Waals surface area contributed by atoms with Crippen LogP contribution < -0.4 is 10.6 Å². The highest BCUT2D eigenvalue weighted by Crippen LogP contribution is 2.22. The van der Waals surface area contributed by atoms with Crippen LogP contribution in [0.15, 0.2) is 0 Å². The van der Waals surface area contributed by atoms with Crippen LogP contribution in [0.3, 0.4) is 0 Å². The summed E-state index contributed by atoms with van der Waals surface area (Å²) in [5.41, 5.74) is 0. The molecule has 0 amide bonds. The zero-order valence-electron chi connectivity index (χ0n) is 10.8. The lowest BCUT2D eigenvalue weighted by atomic mass is 9.90. The van der Waals surface area contributed by atoms with Crippen molar-refractivity contribution in [1.82, 2.24) is 15.5 Å². The summed E-state index contributed by atoms with van der Waals surface area (Å²) in [5.74, 6) is 0.855. The van der Waals surface area contributed by atoms with E-state index in [2.05, 4.69) is 29.5 Å². The molecule has 2 aliphatic heterocycles. The third kappa shape index (κ3) is 2.96. The maximum Gasteiger partial charge on any atom is 0.0119 e. The summed E-state index contributed by atoms with van der Waals surface area (Å²) < 4.78 is 0. The van der Waals surface area contributed by atoms with Crippen molar-refractivity contribution in [2.75, 3.05) is 33.2 Å². The van der Waals surface area contributed by atoms with Crippen LogP contribution in [0.1, 0.15) is 32.6 Å². The molecule has 3 nitrogen and oxygen atoms in total. The zero-order chi connectivity index (χ0) is 11.4. The van der Waals surface area contributed by atoms with Gasteiger partial charge in [-0.15, -0.1) is 0 Å². The average molecular weight is 225 g/mol. The van der Waals surface area contributed by atoms with E-state index in [0.717, 1.165) is 18.0 Å². The molecule has 0 radical (unpaired) electrons. The molecule has 0 saturated carbocycles. The summed E-state index contributed by atoms with van der Waals surface area (Å²) in [7, 11) is 2.33. The zero-order valence-corrected chi connectivity index (χ0v) is 10.8. The molecule has 2 atom stereocenters. The first-order valence-corrected chi connectivity index (χ1v) is 6.92. The molecule has 16 heavy (non-hydrogen) atoms. The van der Waals surface area contributed by atoms with Crippen molar-refractivity contribution in [3.63, 3.8) is 0 Å². The van der Waals surface area contributed by atoms with Crippen molar-refractivity contribution in [2.45, 2.75) is 44.7 Å². The fraction of sp³-hybridized carbons (Fsp3) is 1.00. The molecule has 2 rings (SSSR count). The number of rotatable bonds is 3. The van der Waals surface area contributed by atoms with E-state index < -0.39 is 0 Å². The molecule has 2 N–H and O–H groups in total. The normalized spacial score (nSPS) is 30.6. The molecule has 0 aromatic rings. The highest BCUT2D eigenvalue weighted by Gasteiger charge is 2.27. The van der Waals surface area contributed by atoms with Gasteiger partial charge in [-0.3, -0.25) is 0 Å². The fourth-order valence-corrected chi connectivity index (χ4v) is 3.17. The second kappa shape index (κ2) is 5.99. The van der Waals surface area contributed by atoms with E-state index in [0.29, 0.717) is 0 Å². The Kier molecular flexibility index (Phi) is 4.62. The van der Waals surface area contributed by atoms with Gasteiger partial charge in [0.15, 0.2) is 0 Å². The molecule has 0 spiro atoms. The van der Waals surface area contributed by atoms with Crippen molar-refractivity contribution < 1.29 is 0 Å². The Bertz CT molecular complexity index is 173. The molecule has 3 heteroatoms. The van der Waals surface area contributed by atoms with E-state index >= 15 is 0 Å². The molecule has 0 bridgehead atoms. The van der Waals surface area contributed by atoms with Gasteiger partial charge < -0.3 is 15.5 Å². The van der Waals surface area contributed by atoms with E-state index in [1.807, 2.05) is 0 Å². The van der Waals surface area contributed by atoms with Crippen LogP contribution in [-0.4, -0.2) is 50.2 Å². The van der Waals surface area contributed by atoms with Crippen molar-refractivity contribution in [3.05, 3.63) is 0 Å². The molecule has 2 aliphatic rings. The van der Waals surface area contributed by atoms with E-state index in [9.17, 15) is 0 Å². The Labute approximate surface area is 100.0 Å². The fourth-order valence-electron chi connectivity index (χ4n) is 3.17. The van der Waals surface area contributed by atoms with Gasteiger partial charge in [0, 0.05) is 12.1 Å². The Morgan fingerprint density at radius 3 is 2.44 bits per heavy atom. The van der Waals surface area contributed by atoms with Gasteiger partial charge in [-0.2, -0.15) is 0 Å². The minimum atomic E-state index is 0.732. The van der Waals surface area contributed by atoms with Crippen LogP contribution in [0.25, 0.3) is 0 Å². The Morgan fingerprint density at radius 2 is 1.81 bits per heavy atom. The summed E-state index contributed by atoms with van der Waals surface area (Å²) in [6.07, 6.45) is 5.40. The lowest BCUT2D eigenvalue weighted by molar-refractivity contribution is 0.101. The number of hydrogen-bond donors (Lipinski definition) is 2. The Morgan fingerprint density at radius 1 is 1.06 bits per heavy atom.